The smallest absolute Gasteiger partial charge is 0.338 e. The average Bonchev–Trinajstić information content (AvgIpc) is 2.49. The Kier molecular flexibility index (Phi) is 5.90. The van der Waals surface area contributed by atoms with E-state index in [2.05, 4.69) is 16.6 Å². The summed E-state index contributed by atoms with van der Waals surface area (Å²) in [5.41, 5.74) is 7.50. The molecule has 0 radical (unpaired) electrons. The molecule has 0 aliphatic carbocycles. The molecule has 1 heterocycles. The molecule has 0 aromatic heterocycles. The van der Waals surface area contributed by atoms with Gasteiger partial charge in [-0.25, -0.2) is 4.79 Å². The summed E-state index contributed by atoms with van der Waals surface area (Å²) in [5.74, 6) is 0.150. The molecule has 110 valence electrons. The van der Waals surface area contributed by atoms with Gasteiger partial charge in [-0.2, -0.15) is 0 Å². The number of nitrogen functional groups attached to an aromatic ring is 1. The van der Waals surface area contributed by atoms with Gasteiger partial charge in [-0.3, -0.25) is 0 Å². The molecule has 20 heavy (non-hydrogen) atoms. The number of anilines is 2. The summed E-state index contributed by atoms with van der Waals surface area (Å²) < 4.78 is 10.3. The minimum Gasteiger partial charge on any atom is -0.489 e. The zero-order chi connectivity index (χ0) is 15.1. The van der Waals surface area contributed by atoms with E-state index >= 15 is 0 Å². The van der Waals surface area contributed by atoms with Gasteiger partial charge in [0.05, 0.1) is 24.4 Å². The van der Waals surface area contributed by atoms with Crippen LogP contribution in [0, 0.1) is 0 Å². The van der Waals surface area contributed by atoms with Gasteiger partial charge in [-0.05, 0) is 18.6 Å². The second-order valence-corrected chi connectivity index (χ2v) is 4.11. The van der Waals surface area contributed by atoms with Gasteiger partial charge in [-0.15, -0.1) is 6.58 Å². The van der Waals surface area contributed by atoms with E-state index in [0.29, 0.717) is 23.6 Å². The van der Waals surface area contributed by atoms with Crippen molar-refractivity contribution in [1.82, 2.24) is 0 Å². The van der Waals surface area contributed by atoms with Gasteiger partial charge >= 0.3 is 5.97 Å². The Hall–Kier alpha value is -2.17. The predicted molar refractivity (Wildman–Crippen MR) is 81.3 cm³/mol. The number of ether oxygens (including phenoxy) is 2. The summed E-state index contributed by atoms with van der Waals surface area (Å²) in [7, 11) is 1.33. The Balaban J connectivity index is 0.000000956. The molecule has 0 fully saturated rings. The van der Waals surface area contributed by atoms with Gasteiger partial charge in [0.15, 0.2) is 0 Å². The first-order chi connectivity index (χ1) is 9.65. The van der Waals surface area contributed by atoms with Crippen molar-refractivity contribution in [3.05, 3.63) is 30.4 Å². The number of benzene rings is 1. The molecule has 0 spiro atoms. The maximum Gasteiger partial charge on any atom is 0.338 e. The summed E-state index contributed by atoms with van der Waals surface area (Å²) in [6.45, 7) is 8.21. The van der Waals surface area contributed by atoms with Gasteiger partial charge in [0, 0.05) is 0 Å². The van der Waals surface area contributed by atoms with Crippen LogP contribution >= 0.6 is 0 Å². The van der Waals surface area contributed by atoms with Gasteiger partial charge in [-0.1, -0.05) is 19.9 Å². The van der Waals surface area contributed by atoms with Crippen LogP contribution in [0.1, 0.15) is 30.6 Å². The van der Waals surface area contributed by atoms with Crippen LogP contribution in [0.3, 0.4) is 0 Å². The Bertz CT molecular complexity index is 486. The highest BCUT2D eigenvalue weighted by Gasteiger charge is 2.22. The van der Waals surface area contributed by atoms with Crippen LogP contribution in [0.4, 0.5) is 11.4 Å². The lowest BCUT2D eigenvalue weighted by atomic mass is 10.1. The second kappa shape index (κ2) is 7.43. The van der Waals surface area contributed by atoms with E-state index in [-0.39, 0.29) is 6.04 Å². The van der Waals surface area contributed by atoms with Crippen molar-refractivity contribution >= 4 is 17.3 Å². The quantitative estimate of drug-likeness (QED) is 0.505. The minimum atomic E-state index is -0.429. The van der Waals surface area contributed by atoms with Crippen LogP contribution in [-0.2, 0) is 4.74 Å². The maximum atomic E-state index is 11.5. The standard InChI is InChI=1S/C13H16N2O3.C2H6/c1-3-4-9-7-18-11-6-8(13(16)17-2)5-10(14)12(11)15-9;1-2/h3,5-6,9,15H,1,4,7,14H2,2H3;1-2H3. The molecule has 1 aliphatic rings. The number of nitrogens with one attached hydrogen (secondary N) is 1. The van der Waals surface area contributed by atoms with Crippen LogP contribution < -0.4 is 15.8 Å². The fourth-order valence-electron chi connectivity index (χ4n) is 1.91. The van der Waals surface area contributed by atoms with Crippen LogP contribution in [0.2, 0.25) is 0 Å². The lowest BCUT2D eigenvalue weighted by Crippen LogP contribution is -2.31. The Labute approximate surface area is 119 Å². The highest BCUT2D eigenvalue weighted by Crippen LogP contribution is 2.36. The molecule has 0 bridgehead atoms. The number of rotatable bonds is 3. The summed E-state index contributed by atoms with van der Waals surface area (Å²) in [5, 5.41) is 3.28. The number of carbonyl (C=O) groups is 1. The predicted octanol–water partition coefficient (Wildman–Crippen LogP) is 2.83. The molecule has 3 N–H and O–H groups in total. The molecule has 5 nitrogen and oxygen atoms in total. The first-order valence-electron chi connectivity index (χ1n) is 6.67. The fraction of sp³-hybridized carbons (Fsp3) is 0.400. The molecular formula is C15H22N2O3. The summed E-state index contributed by atoms with van der Waals surface area (Å²) in [6.07, 6.45) is 2.61. The summed E-state index contributed by atoms with van der Waals surface area (Å²) in [4.78, 5) is 11.5. The van der Waals surface area contributed by atoms with E-state index in [1.807, 2.05) is 19.9 Å². The van der Waals surface area contributed by atoms with Gasteiger partial charge in [0.2, 0.25) is 0 Å². The average molecular weight is 278 g/mol. The van der Waals surface area contributed by atoms with Crippen molar-refractivity contribution in [2.24, 2.45) is 0 Å². The van der Waals surface area contributed by atoms with Crippen LogP contribution in [0.15, 0.2) is 24.8 Å². The van der Waals surface area contributed by atoms with Crippen LogP contribution in [0.5, 0.6) is 5.75 Å². The Morgan fingerprint density at radius 1 is 1.60 bits per heavy atom. The third-order valence-electron chi connectivity index (χ3n) is 2.79. The number of hydrogen-bond acceptors (Lipinski definition) is 5. The topological polar surface area (TPSA) is 73.6 Å². The van der Waals surface area contributed by atoms with Gasteiger partial charge < -0.3 is 20.5 Å². The lowest BCUT2D eigenvalue weighted by molar-refractivity contribution is 0.0600. The van der Waals surface area contributed by atoms with Crippen LogP contribution in [-0.4, -0.2) is 25.7 Å². The van der Waals surface area contributed by atoms with E-state index in [4.69, 9.17) is 10.5 Å². The molecule has 1 atom stereocenters. The molecule has 0 amide bonds. The van der Waals surface area contributed by atoms with Crippen molar-refractivity contribution < 1.29 is 14.3 Å². The van der Waals surface area contributed by atoms with Crippen molar-refractivity contribution in [3.8, 4) is 5.75 Å². The Morgan fingerprint density at radius 3 is 2.90 bits per heavy atom. The zero-order valence-electron chi connectivity index (χ0n) is 12.2. The molecule has 2 rings (SSSR count). The van der Waals surface area contributed by atoms with Crippen molar-refractivity contribution in [2.45, 2.75) is 26.3 Å². The van der Waals surface area contributed by atoms with Crippen molar-refractivity contribution in [1.29, 1.82) is 0 Å². The minimum absolute atomic E-state index is 0.154. The normalized spacial score (nSPS) is 15.7. The molecule has 1 aliphatic heterocycles. The van der Waals surface area contributed by atoms with Gasteiger partial charge in [0.25, 0.3) is 0 Å². The van der Waals surface area contributed by atoms with E-state index in [1.165, 1.54) is 7.11 Å². The van der Waals surface area contributed by atoms with Crippen molar-refractivity contribution in [2.75, 3.05) is 24.8 Å². The molecule has 0 saturated carbocycles. The largest absolute Gasteiger partial charge is 0.489 e. The van der Waals surface area contributed by atoms with E-state index in [9.17, 15) is 4.79 Å². The first-order valence-corrected chi connectivity index (χ1v) is 6.67. The number of esters is 1. The highest BCUT2D eigenvalue weighted by atomic mass is 16.5. The molecule has 1 aromatic carbocycles. The molecule has 1 aromatic rings. The SMILES string of the molecule is C=CCC1COc2cc(C(=O)OC)cc(N)c2N1.CC. The second-order valence-electron chi connectivity index (χ2n) is 4.11. The molecule has 1 unspecified atom stereocenters. The molecule has 0 saturated heterocycles. The fourth-order valence-corrected chi connectivity index (χ4v) is 1.91. The van der Waals surface area contributed by atoms with E-state index < -0.39 is 5.97 Å². The van der Waals surface area contributed by atoms with Gasteiger partial charge in [0.1, 0.15) is 18.0 Å². The Morgan fingerprint density at radius 2 is 2.30 bits per heavy atom. The van der Waals surface area contributed by atoms with Crippen LogP contribution in [0.25, 0.3) is 0 Å². The lowest BCUT2D eigenvalue weighted by Gasteiger charge is -2.28. The number of hydrogen-bond donors (Lipinski definition) is 2. The number of nitrogens with two attached hydrogens (primary N) is 1. The molecule has 5 heteroatoms. The summed E-state index contributed by atoms with van der Waals surface area (Å²) >= 11 is 0. The van der Waals surface area contributed by atoms with E-state index in [0.717, 1.165) is 12.1 Å². The monoisotopic (exact) mass is 278 g/mol. The third kappa shape index (κ3) is 3.44. The first kappa shape index (κ1) is 15.9. The zero-order valence-corrected chi connectivity index (χ0v) is 12.2. The number of fused-ring (bicyclic) bond motifs is 1. The van der Waals surface area contributed by atoms with Crippen molar-refractivity contribution in [3.63, 3.8) is 0 Å². The van der Waals surface area contributed by atoms with E-state index in [1.54, 1.807) is 12.1 Å². The molecular weight excluding hydrogens is 256 g/mol. The summed E-state index contributed by atoms with van der Waals surface area (Å²) in [6, 6.07) is 3.37. The number of carbonyl (C=O) groups excluding carboxylic acids is 1. The third-order valence-corrected chi connectivity index (χ3v) is 2.79. The highest BCUT2D eigenvalue weighted by molar-refractivity contribution is 5.93. The maximum absolute atomic E-state index is 11.5. The number of methoxy groups -OCH3 is 1.